The Balaban J connectivity index is 2.05. The number of anilines is 2. The standard InChI is InChI=1S/C11H17BrN4O2/c1-7-11(17,3-4-18-7)6-15-9-8(12)5-14-10(13-2)16-9/h5,7,17H,3-4,6H2,1-2H3,(H2,13,14,15,16). The van der Waals surface area contributed by atoms with Crippen molar-refractivity contribution in [2.24, 2.45) is 0 Å². The lowest BCUT2D eigenvalue weighted by Gasteiger charge is -2.26. The van der Waals surface area contributed by atoms with Gasteiger partial charge in [0.1, 0.15) is 11.4 Å². The quantitative estimate of drug-likeness (QED) is 0.775. The molecule has 2 atom stereocenters. The number of aromatic nitrogens is 2. The molecular formula is C11H17BrN4O2. The van der Waals surface area contributed by atoms with E-state index in [2.05, 4.69) is 36.5 Å². The molecule has 2 rings (SSSR count). The van der Waals surface area contributed by atoms with E-state index in [1.807, 2.05) is 6.92 Å². The van der Waals surface area contributed by atoms with Crippen LogP contribution in [0.25, 0.3) is 0 Å². The molecule has 0 saturated carbocycles. The molecule has 1 aliphatic rings. The molecule has 6 nitrogen and oxygen atoms in total. The number of aliphatic hydroxyl groups is 1. The number of rotatable bonds is 4. The summed E-state index contributed by atoms with van der Waals surface area (Å²) in [6.45, 7) is 2.86. The van der Waals surface area contributed by atoms with Gasteiger partial charge in [-0.2, -0.15) is 4.98 Å². The van der Waals surface area contributed by atoms with Crippen molar-refractivity contribution in [3.05, 3.63) is 10.7 Å². The van der Waals surface area contributed by atoms with Crippen molar-refractivity contribution >= 4 is 27.7 Å². The Kier molecular flexibility index (Phi) is 4.04. The van der Waals surface area contributed by atoms with E-state index in [-0.39, 0.29) is 6.10 Å². The largest absolute Gasteiger partial charge is 0.385 e. The number of hydrogen-bond acceptors (Lipinski definition) is 6. The highest BCUT2D eigenvalue weighted by Gasteiger charge is 2.39. The van der Waals surface area contributed by atoms with Crippen LogP contribution in [-0.2, 0) is 4.74 Å². The van der Waals surface area contributed by atoms with Gasteiger partial charge in [-0.05, 0) is 22.9 Å². The summed E-state index contributed by atoms with van der Waals surface area (Å²) in [5, 5.41) is 16.4. The van der Waals surface area contributed by atoms with Crippen LogP contribution in [0.15, 0.2) is 10.7 Å². The van der Waals surface area contributed by atoms with Crippen molar-refractivity contribution in [1.82, 2.24) is 9.97 Å². The van der Waals surface area contributed by atoms with Crippen LogP contribution in [-0.4, -0.2) is 47.0 Å². The average Bonchev–Trinajstić information content (AvgIpc) is 2.69. The summed E-state index contributed by atoms with van der Waals surface area (Å²) in [5.74, 6) is 1.19. The molecule has 1 aromatic heterocycles. The van der Waals surface area contributed by atoms with Gasteiger partial charge in [0.15, 0.2) is 0 Å². The Morgan fingerprint density at radius 1 is 1.67 bits per heavy atom. The van der Waals surface area contributed by atoms with Crippen molar-refractivity contribution in [3.63, 3.8) is 0 Å². The van der Waals surface area contributed by atoms with Crippen LogP contribution in [0.5, 0.6) is 0 Å². The molecular weight excluding hydrogens is 300 g/mol. The third kappa shape index (κ3) is 2.73. The SMILES string of the molecule is CNc1ncc(Br)c(NCC2(O)CCOC2C)n1. The van der Waals surface area contributed by atoms with E-state index >= 15 is 0 Å². The van der Waals surface area contributed by atoms with E-state index in [1.54, 1.807) is 13.2 Å². The molecule has 100 valence electrons. The number of nitrogens with zero attached hydrogens (tertiary/aromatic N) is 2. The molecule has 1 aliphatic heterocycles. The maximum atomic E-state index is 10.4. The van der Waals surface area contributed by atoms with Crippen LogP contribution in [0.4, 0.5) is 11.8 Å². The highest BCUT2D eigenvalue weighted by Crippen LogP contribution is 2.27. The Bertz CT molecular complexity index is 432. The molecule has 0 bridgehead atoms. The van der Waals surface area contributed by atoms with Crippen molar-refractivity contribution in [2.75, 3.05) is 30.8 Å². The minimum Gasteiger partial charge on any atom is -0.385 e. The Morgan fingerprint density at radius 2 is 2.44 bits per heavy atom. The van der Waals surface area contributed by atoms with Gasteiger partial charge in [0, 0.05) is 32.8 Å². The number of ether oxygens (including phenoxy) is 1. The summed E-state index contributed by atoms with van der Waals surface area (Å²) < 4.78 is 6.15. The van der Waals surface area contributed by atoms with E-state index in [0.29, 0.717) is 31.3 Å². The number of hydrogen-bond donors (Lipinski definition) is 3. The first-order valence-corrected chi connectivity index (χ1v) is 6.62. The van der Waals surface area contributed by atoms with E-state index in [1.165, 1.54) is 0 Å². The zero-order valence-corrected chi connectivity index (χ0v) is 12.0. The zero-order valence-electron chi connectivity index (χ0n) is 10.4. The number of halogens is 1. The molecule has 0 aromatic carbocycles. The minimum absolute atomic E-state index is 0.172. The molecule has 1 aromatic rings. The first-order chi connectivity index (χ1) is 8.55. The Morgan fingerprint density at radius 3 is 3.06 bits per heavy atom. The number of nitrogens with one attached hydrogen (secondary N) is 2. The lowest BCUT2D eigenvalue weighted by molar-refractivity contribution is -0.0176. The van der Waals surface area contributed by atoms with Crippen LogP contribution in [0.2, 0.25) is 0 Å². The third-order valence-electron chi connectivity index (χ3n) is 3.19. The van der Waals surface area contributed by atoms with Crippen LogP contribution in [0.3, 0.4) is 0 Å². The maximum absolute atomic E-state index is 10.4. The van der Waals surface area contributed by atoms with Gasteiger partial charge in [-0.15, -0.1) is 0 Å². The second-order valence-electron chi connectivity index (χ2n) is 4.36. The molecule has 7 heteroatoms. The van der Waals surface area contributed by atoms with Crippen LogP contribution >= 0.6 is 15.9 Å². The monoisotopic (exact) mass is 316 g/mol. The first kappa shape index (κ1) is 13.5. The van der Waals surface area contributed by atoms with Gasteiger partial charge in [0.2, 0.25) is 5.95 Å². The molecule has 0 amide bonds. The summed E-state index contributed by atoms with van der Waals surface area (Å²) in [6, 6.07) is 0. The smallest absolute Gasteiger partial charge is 0.224 e. The van der Waals surface area contributed by atoms with Gasteiger partial charge in [0.05, 0.1) is 10.6 Å². The molecule has 18 heavy (non-hydrogen) atoms. The third-order valence-corrected chi connectivity index (χ3v) is 3.77. The Labute approximate surface area is 114 Å². The average molecular weight is 317 g/mol. The van der Waals surface area contributed by atoms with Crippen molar-refractivity contribution < 1.29 is 9.84 Å². The molecule has 1 fully saturated rings. The molecule has 0 radical (unpaired) electrons. The lowest BCUT2D eigenvalue weighted by atomic mass is 9.97. The molecule has 3 N–H and O–H groups in total. The fraction of sp³-hybridized carbons (Fsp3) is 0.636. The van der Waals surface area contributed by atoms with Crippen molar-refractivity contribution in [1.29, 1.82) is 0 Å². The van der Waals surface area contributed by atoms with Gasteiger partial charge in [0.25, 0.3) is 0 Å². The normalized spacial score (nSPS) is 27.2. The van der Waals surface area contributed by atoms with Gasteiger partial charge < -0.3 is 20.5 Å². The van der Waals surface area contributed by atoms with E-state index < -0.39 is 5.60 Å². The van der Waals surface area contributed by atoms with Crippen LogP contribution in [0.1, 0.15) is 13.3 Å². The van der Waals surface area contributed by atoms with Gasteiger partial charge in [-0.25, -0.2) is 4.98 Å². The van der Waals surface area contributed by atoms with Gasteiger partial charge in [-0.1, -0.05) is 0 Å². The summed E-state index contributed by atoms with van der Waals surface area (Å²) >= 11 is 3.37. The van der Waals surface area contributed by atoms with Crippen molar-refractivity contribution in [2.45, 2.75) is 25.0 Å². The lowest BCUT2D eigenvalue weighted by Crippen LogP contribution is -2.43. The van der Waals surface area contributed by atoms with E-state index in [0.717, 1.165) is 4.47 Å². The fourth-order valence-corrected chi connectivity index (χ4v) is 2.18. The first-order valence-electron chi connectivity index (χ1n) is 5.83. The predicted octanol–water partition coefficient (Wildman–Crippen LogP) is 1.23. The Hall–Kier alpha value is -0.920. The molecule has 0 aliphatic carbocycles. The summed E-state index contributed by atoms with van der Waals surface area (Å²) in [5.41, 5.74) is -0.843. The van der Waals surface area contributed by atoms with Gasteiger partial charge in [-0.3, -0.25) is 0 Å². The van der Waals surface area contributed by atoms with E-state index in [9.17, 15) is 5.11 Å². The maximum Gasteiger partial charge on any atom is 0.224 e. The van der Waals surface area contributed by atoms with E-state index in [4.69, 9.17) is 4.74 Å². The van der Waals surface area contributed by atoms with Gasteiger partial charge >= 0.3 is 0 Å². The van der Waals surface area contributed by atoms with Crippen molar-refractivity contribution in [3.8, 4) is 0 Å². The minimum atomic E-state index is -0.843. The second-order valence-corrected chi connectivity index (χ2v) is 5.21. The van der Waals surface area contributed by atoms with Crippen LogP contribution in [0, 0.1) is 0 Å². The second kappa shape index (κ2) is 5.38. The summed E-state index contributed by atoms with van der Waals surface area (Å²) in [7, 11) is 1.76. The zero-order chi connectivity index (χ0) is 13.2. The molecule has 2 heterocycles. The van der Waals surface area contributed by atoms with Crippen LogP contribution < -0.4 is 10.6 Å². The molecule has 0 spiro atoms. The highest BCUT2D eigenvalue weighted by molar-refractivity contribution is 9.10. The topological polar surface area (TPSA) is 79.3 Å². The summed E-state index contributed by atoms with van der Waals surface area (Å²) in [6.07, 6.45) is 2.12. The highest BCUT2D eigenvalue weighted by atomic mass is 79.9. The molecule has 2 unspecified atom stereocenters. The molecule has 1 saturated heterocycles. The summed E-state index contributed by atoms with van der Waals surface area (Å²) in [4.78, 5) is 8.35. The fourth-order valence-electron chi connectivity index (χ4n) is 1.85. The predicted molar refractivity (Wildman–Crippen MR) is 72.7 cm³/mol.